The Hall–Kier alpha value is -4.13. The number of esters is 1. The summed E-state index contributed by atoms with van der Waals surface area (Å²) in [7, 11) is 0. The smallest absolute Gasteiger partial charge is 0.344 e. The number of carbonyl (C=O) groups is 2. The first-order valence-corrected chi connectivity index (χ1v) is 11.5. The van der Waals surface area contributed by atoms with Crippen LogP contribution in [0.1, 0.15) is 39.5 Å². The van der Waals surface area contributed by atoms with Crippen LogP contribution in [-0.4, -0.2) is 35.1 Å². The van der Waals surface area contributed by atoms with Crippen LogP contribution in [-0.2, 0) is 9.53 Å². The van der Waals surface area contributed by atoms with Gasteiger partial charge in [-0.2, -0.15) is 0 Å². The zero-order valence-electron chi connectivity index (χ0n) is 20.6. The number of fused-ring (bicyclic) bond motifs is 1. The summed E-state index contributed by atoms with van der Waals surface area (Å²) < 4.78 is 10.5. The molecule has 0 radical (unpaired) electrons. The van der Waals surface area contributed by atoms with E-state index in [0.29, 0.717) is 23.7 Å². The molecule has 3 aromatic carbocycles. The predicted molar refractivity (Wildman–Crippen MR) is 137 cm³/mol. The van der Waals surface area contributed by atoms with Crippen LogP contribution in [0.25, 0.3) is 22.4 Å². The highest BCUT2D eigenvalue weighted by Crippen LogP contribution is 2.31. The Balaban J connectivity index is 1.56. The number of nitrogens with zero attached hydrogens (tertiary/aromatic N) is 1. The maximum atomic E-state index is 12.8. The third kappa shape index (κ3) is 5.35. The summed E-state index contributed by atoms with van der Waals surface area (Å²) in [6.45, 7) is 9.94. The number of aromatic nitrogens is 2. The predicted octanol–water partition coefficient (Wildman–Crippen LogP) is 5.66. The molecule has 180 valence electrons. The van der Waals surface area contributed by atoms with Crippen LogP contribution in [0.2, 0.25) is 0 Å². The van der Waals surface area contributed by atoms with Gasteiger partial charge in [0.2, 0.25) is 0 Å². The van der Waals surface area contributed by atoms with Crippen LogP contribution in [0, 0.1) is 27.7 Å². The molecule has 0 aliphatic heterocycles. The number of benzene rings is 3. The number of aromatic amines is 1. The molecular weight excluding hydrogens is 442 g/mol. The Morgan fingerprint density at radius 1 is 0.914 bits per heavy atom. The van der Waals surface area contributed by atoms with Gasteiger partial charge in [0.1, 0.15) is 11.6 Å². The van der Waals surface area contributed by atoms with Gasteiger partial charge in [0.05, 0.1) is 17.6 Å². The van der Waals surface area contributed by atoms with Crippen LogP contribution >= 0.6 is 0 Å². The molecule has 0 fully saturated rings. The van der Waals surface area contributed by atoms with Crippen molar-refractivity contribution < 1.29 is 19.1 Å². The molecular formula is C28H29N3O4. The average Bonchev–Trinajstić information content (AvgIpc) is 3.22. The minimum absolute atomic E-state index is 0.135. The van der Waals surface area contributed by atoms with Crippen LogP contribution in [0.3, 0.4) is 0 Å². The molecule has 7 heteroatoms. The molecule has 35 heavy (non-hydrogen) atoms. The molecule has 1 heterocycles. The topological polar surface area (TPSA) is 93.3 Å². The van der Waals surface area contributed by atoms with Gasteiger partial charge in [-0.05, 0) is 99.3 Å². The highest BCUT2D eigenvalue weighted by molar-refractivity contribution is 6.06. The fourth-order valence-electron chi connectivity index (χ4n) is 4.02. The number of amides is 1. The highest BCUT2D eigenvalue weighted by Gasteiger charge is 2.15. The molecule has 4 aromatic rings. The van der Waals surface area contributed by atoms with Crippen LogP contribution in [0.15, 0.2) is 48.5 Å². The molecule has 0 saturated heterocycles. The van der Waals surface area contributed by atoms with Gasteiger partial charge in [0, 0.05) is 16.8 Å². The third-order valence-corrected chi connectivity index (χ3v) is 5.91. The van der Waals surface area contributed by atoms with Gasteiger partial charge in [0.15, 0.2) is 6.61 Å². The number of nitrogens with one attached hydrogen (secondary N) is 2. The number of carbonyl (C=O) groups excluding carboxylic acids is 2. The summed E-state index contributed by atoms with van der Waals surface area (Å²) in [5.41, 5.74) is 8.01. The van der Waals surface area contributed by atoms with E-state index < -0.39 is 5.97 Å². The number of hydrogen-bond donors (Lipinski definition) is 2. The van der Waals surface area contributed by atoms with Crippen LogP contribution in [0.5, 0.6) is 5.75 Å². The van der Waals surface area contributed by atoms with Crippen molar-refractivity contribution in [2.24, 2.45) is 0 Å². The molecule has 0 atom stereocenters. The lowest BCUT2D eigenvalue weighted by Crippen LogP contribution is -2.14. The third-order valence-electron chi connectivity index (χ3n) is 5.91. The summed E-state index contributed by atoms with van der Waals surface area (Å²) in [4.78, 5) is 32.5. The van der Waals surface area contributed by atoms with Gasteiger partial charge in [-0.1, -0.05) is 6.07 Å². The van der Waals surface area contributed by atoms with Gasteiger partial charge in [0.25, 0.3) is 5.91 Å². The molecule has 1 amide bonds. The van der Waals surface area contributed by atoms with Crippen LogP contribution in [0.4, 0.5) is 5.69 Å². The number of anilines is 1. The molecule has 1 aromatic heterocycles. The van der Waals surface area contributed by atoms with E-state index in [4.69, 9.17) is 14.5 Å². The monoisotopic (exact) mass is 471 g/mol. The van der Waals surface area contributed by atoms with Crippen molar-refractivity contribution in [3.63, 3.8) is 0 Å². The quantitative estimate of drug-likeness (QED) is 0.339. The minimum Gasteiger partial charge on any atom is -0.482 e. The van der Waals surface area contributed by atoms with E-state index in [1.54, 1.807) is 13.0 Å². The Morgan fingerprint density at radius 2 is 1.66 bits per heavy atom. The number of imidazole rings is 1. The van der Waals surface area contributed by atoms with Gasteiger partial charge < -0.3 is 19.8 Å². The fourth-order valence-corrected chi connectivity index (χ4v) is 4.02. The molecule has 0 bridgehead atoms. The molecule has 0 aliphatic carbocycles. The largest absolute Gasteiger partial charge is 0.482 e. The second-order valence-corrected chi connectivity index (χ2v) is 8.60. The normalized spacial score (nSPS) is 10.9. The Labute approximate surface area is 204 Å². The van der Waals surface area contributed by atoms with Crippen molar-refractivity contribution in [1.29, 1.82) is 0 Å². The Bertz CT molecular complexity index is 1400. The maximum absolute atomic E-state index is 12.8. The second kappa shape index (κ2) is 10.0. The molecule has 0 unspecified atom stereocenters. The Morgan fingerprint density at radius 3 is 2.34 bits per heavy atom. The van der Waals surface area contributed by atoms with Gasteiger partial charge in [-0.3, -0.25) is 4.79 Å². The molecule has 0 saturated carbocycles. The minimum atomic E-state index is -0.401. The average molecular weight is 472 g/mol. The lowest BCUT2D eigenvalue weighted by atomic mass is 10.0. The number of aryl methyl sites for hydroxylation is 4. The number of rotatable bonds is 7. The summed E-state index contributed by atoms with van der Waals surface area (Å²) in [5.74, 6) is 0.722. The first-order valence-electron chi connectivity index (χ1n) is 11.5. The summed E-state index contributed by atoms with van der Waals surface area (Å²) in [6, 6.07) is 15.0. The van der Waals surface area contributed by atoms with Crippen molar-refractivity contribution in [3.05, 3.63) is 76.3 Å². The first-order chi connectivity index (χ1) is 16.7. The summed E-state index contributed by atoms with van der Waals surface area (Å²) in [6.07, 6.45) is 0. The zero-order valence-corrected chi connectivity index (χ0v) is 20.6. The van der Waals surface area contributed by atoms with Gasteiger partial charge in [-0.15, -0.1) is 0 Å². The van der Waals surface area contributed by atoms with Crippen molar-refractivity contribution in [2.45, 2.75) is 34.6 Å². The molecule has 4 rings (SSSR count). The maximum Gasteiger partial charge on any atom is 0.344 e. The van der Waals surface area contributed by atoms with E-state index in [0.717, 1.165) is 39.0 Å². The van der Waals surface area contributed by atoms with E-state index in [9.17, 15) is 9.59 Å². The van der Waals surface area contributed by atoms with E-state index in [1.165, 1.54) is 5.56 Å². The number of hydrogen-bond acceptors (Lipinski definition) is 5. The Kier molecular flexibility index (Phi) is 6.87. The molecule has 2 N–H and O–H groups in total. The van der Waals surface area contributed by atoms with E-state index in [2.05, 4.69) is 10.3 Å². The van der Waals surface area contributed by atoms with Crippen molar-refractivity contribution in [2.75, 3.05) is 18.5 Å². The first kappa shape index (κ1) is 24.0. The van der Waals surface area contributed by atoms with Crippen molar-refractivity contribution in [3.8, 4) is 17.1 Å². The standard InChI is InChI=1S/C28H29N3O4/c1-6-34-25(32)15-35-22-12-18(4)26(19(5)13-22)27-30-23-10-8-20(14-24(23)31-27)28(33)29-21-9-7-16(2)17(3)11-21/h7-14H,6,15H2,1-5H3,(H,29,33)(H,30,31). The molecule has 0 aliphatic rings. The number of H-pyrrole nitrogens is 1. The van der Waals surface area contributed by atoms with Crippen LogP contribution < -0.4 is 10.1 Å². The highest BCUT2D eigenvalue weighted by atomic mass is 16.6. The lowest BCUT2D eigenvalue weighted by molar-refractivity contribution is -0.145. The van der Waals surface area contributed by atoms with E-state index >= 15 is 0 Å². The summed E-state index contributed by atoms with van der Waals surface area (Å²) >= 11 is 0. The van der Waals surface area contributed by atoms with Crippen molar-refractivity contribution in [1.82, 2.24) is 9.97 Å². The summed E-state index contributed by atoms with van der Waals surface area (Å²) in [5, 5.41) is 2.96. The van der Waals surface area contributed by atoms with E-state index in [-0.39, 0.29) is 12.5 Å². The molecule has 7 nitrogen and oxygen atoms in total. The van der Waals surface area contributed by atoms with Gasteiger partial charge in [-0.25, -0.2) is 9.78 Å². The SMILES string of the molecule is CCOC(=O)COc1cc(C)c(-c2nc3ccc(C(=O)Nc4ccc(C)c(C)c4)cc3[nH]2)c(C)c1. The number of ether oxygens (including phenoxy) is 2. The molecule has 0 spiro atoms. The zero-order chi connectivity index (χ0) is 25.1. The fraction of sp³-hybridized carbons (Fsp3) is 0.250. The van der Waals surface area contributed by atoms with Gasteiger partial charge >= 0.3 is 5.97 Å². The second-order valence-electron chi connectivity index (χ2n) is 8.60. The van der Waals surface area contributed by atoms with E-state index in [1.807, 2.05) is 70.2 Å². The lowest BCUT2D eigenvalue weighted by Gasteiger charge is -2.12. The van der Waals surface area contributed by atoms with Crippen molar-refractivity contribution >= 4 is 28.6 Å².